The van der Waals surface area contributed by atoms with Crippen LogP contribution in [0, 0.1) is 10.1 Å². The summed E-state index contributed by atoms with van der Waals surface area (Å²) in [7, 11) is 0. The van der Waals surface area contributed by atoms with Crippen LogP contribution in [-0.2, 0) is 0 Å². The number of nitrogens with zero attached hydrogens (tertiary/aromatic N) is 2. The van der Waals surface area contributed by atoms with Crippen LogP contribution in [0.25, 0.3) is 0 Å². The van der Waals surface area contributed by atoms with E-state index < -0.39 is 16.4 Å². The number of rotatable bonds is 4. The number of halogens is 1. The monoisotopic (exact) mass is 361 g/mol. The van der Waals surface area contributed by atoms with Crippen LogP contribution in [0.1, 0.15) is 24.1 Å². The number of hydrogen-bond donors (Lipinski definition) is 0. The fourth-order valence-corrected chi connectivity index (χ4v) is 2.65. The second kappa shape index (κ2) is 6.98. The lowest BCUT2D eigenvalue weighted by Crippen LogP contribution is -2.15. The van der Waals surface area contributed by atoms with Crippen molar-refractivity contribution in [3.05, 3.63) is 56.6 Å². The zero-order valence-corrected chi connectivity index (χ0v) is 14.0. The Morgan fingerprint density at radius 3 is 2.68 bits per heavy atom. The fourth-order valence-electron chi connectivity index (χ4n) is 2.43. The first-order chi connectivity index (χ1) is 12.0. The van der Waals surface area contributed by atoms with Crippen molar-refractivity contribution in [1.29, 1.82) is 0 Å². The fraction of sp³-hybridized carbons (Fsp3) is 0.235. The number of hydrogen-bond acceptors (Lipinski definition) is 6. The molecule has 0 spiro atoms. The van der Waals surface area contributed by atoms with Crippen molar-refractivity contribution in [2.24, 2.45) is 4.99 Å². The SMILES string of the molecule is C[C@H](N=Cc1cc(Cl)cc([N+](=O)[O-])c1[O-])c1ccc2c(c1)OCCO2. The summed E-state index contributed by atoms with van der Waals surface area (Å²) in [5, 5.41) is 23.1. The molecule has 3 rings (SSSR count). The minimum Gasteiger partial charge on any atom is -0.867 e. The number of nitro benzene ring substituents is 1. The van der Waals surface area contributed by atoms with Crippen molar-refractivity contribution >= 4 is 23.5 Å². The molecule has 0 fully saturated rings. The van der Waals surface area contributed by atoms with Crippen molar-refractivity contribution in [3.63, 3.8) is 0 Å². The Kier molecular flexibility index (Phi) is 4.76. The van der Waals surface area contributed by atoms with Gasteiger partial charge in [-0.2, -0.15) is 0 Å². The molecule has 1 aliphatic rings. The van der Waals surface area contributed by atoms with Crippen LogP contribution in [-0.4, -0.2) is 24.4 Å². The highest BCUT2D eigenvalue weighted by molar-refractivity contribution is 6.31. The van der Waals surface area contributed by atoms with Gasteiger partial charge in [0.05, 0.1) is 11.0 Å². The molecule has 0 saturated carbocycles. The highest BCUT2D eigenvalue weighted by Crippen LogP contribution is 2.34. The molecule has 1 heterocycles. The average Bonchev–Trinajstić information content (AvgIpc) is 2.61. The summed E-state index contributed by atoms with van der Waals surface area (Å²) in [6.45, 7) is 2.84. The molecule has 130 valence electrons. The molecule has 0 amide bonds. The van der Waals surface area contributed by atoms with E-state index in [0.717, 1.165) is 11.6 Å². The molecule has 25 heavy (non-hydrogen) atoms. The van der Waals surface area contributed by atoms with Gasteiger partial charge in [0.2, 0.25) is 0 Å². The molecule has 0 radical (unpaired) electrons. The van der Waals surface area contributed by atoms with Gasteiger partial charge in [-0.1, -0.05) is 17.7 Å². The third-order valence-corrected chi connectivity index (χ3v) is 3.96. The van der Waals surface area contributed by atoms with Gasteiger partial charge in [0.15, 0.2) is 11.5 Å². The van der Waals surface area contributed by atoms with Gasteiger partial charge in [-0.25, -0.2) is 0 Å². The summed E-state index contributed by atoms with van der Waals surface area (Å²) in [6, 6.07) is 7.60. The van der Waals surface area contributed by atoms with Crippen molar-refractivity contribution in [2.75, 3.05) is 13.2 Å². The minimum atomic E-state index is -0.754. The first kappa shape index (κ1) is 17.0. The standard InChI is InChI=1S/C17H15ClN2O5/c1-10(11-2-3-15-16(7-11)25-5-4-24-15)19-9-12-6-13(18)8-14(17(12)21)20(22)23/h2-3,6-10,21H,4-5H2,1H3/p-1/t10-/m0/s1. The summed E-state index contributed by atoms with van der Waals surface area (Å²) in [5.41, 5.74) is 0.369. The maximum absolute atomic E-state index is 12.1. The lowest BCUT2D eigenvalue weighted by Gasteiger charge is -2.19. The summed E-state index contributed by atoms with van der Waals surface area (Å²) in [4.78, 5) is 14.5. The Labute approximate surface area is 148 Å². The molecule has 0 unspecified atom stereocenters. The lowest BCUT2D eigenvalue weighted by atomic mass is 10.1. The molecular weight excluding hydrogens is 348 g/mol. The molecule has 1 atom stereocenters. The molecular formula is C17H14ClN2O5-. The molecule has 0 aromatic heterocycles. The molecule has 2 aromatic rings. The van der Waals surface area contributed by atoms with E-state index in [1.165, 1.54) is 12.3 Å². The van der Waals surface area contributed by atoms with Gasteiger partial charge in [-0.3, -0.25) is 15.1 Å². The molecule has 1 aliphatic heterocycles. The highest BCUT2D eigenvalue weighted by atomic mass is 35.5. The van der Waals surface area contributed by atoms with E-state index >= 15 is 0 Å². The van der Waals surface area contributed by atoms with Crippen LogP contribution in [0.5, 0.6) is 17.2 Å². The van der Waals surface area contributed by atoms with Crippen LogP contribution in [0.3, 0.4) is 0 Å². The van der Waals surface area contributed by atoms with Gasteiger partial charge in [-0.05, 0) is 42.0 Å². The van der Waals surface area contributed by atoms with E-state index in [0.29, 0.717) is 24.7 Å². The largest absolute Gasteiger partial charge is 0.867 e. The first-order valence-electron chi connectivity index (χ1n) is 7.53. The van der Waals surface area contributed by atoms with Crippen LogP contribution in [0.2, 0.25) is 5.02 Å². The lowest BCUT2D eigenvalue weighted by molar-refractivity contribution is -0.398. The molecule has 0 bridgehead atoms. The predicted molar refractivity (Wildman–Crippen MR) is 91.0 cm³/mol. The molecule has 8 heteroatoms. The van der Waals surface area contributed by atoms with Crippen LogP contribution >= 0.6 is 11.6 Å². The quantitative estimate of drug-likeness (QED) is 0.473. The Bertz CT molecular complexity index is 853. The van der Waals surface area contributed by atoms with Crippen LogP contribution < -0.4 is 14.6 Å². The first-order valence-corrected chi connectivity index (χ1v) is 7.91. The predicted octanol–water partition coefficient (Wildman–Crippen LogP) is 3.27. The molecule has 0 aliphatic carbocycles. The van der Waals surface area contributed by atoms with Gasteiger partial charge in [-0.15, -0.1) is 0 Å². The number of aliphatic imine (C=N–C) groups is 1. The summed E-state index contributed by atoms with van der Waals surface area (Å²) < 4.78 is 11.0. The zero-order chi connectivity index (χ0) is 18.0. The second-order valence-electron chi connectivity index (χ2n) is 5.46. The Hall–Kier alpha value is -2.80. The Balaban J connectivity index is 1.86. The molecule has 0 saturated heterocycles. The van der Waals surface area contributed by atoms with Crippen molar-refractivity contribution < 1.29 is 19.5 Å². The number of fused-ring (bicyclic) bond motifs is 1. The van der Waals surface area contributed by atoms with E-state index in [2.05, 4.69) is 4.99 Å². The van der Waals surface area contributed by atoms with E-state index in [9.17, 15) is 15.2 Å². The van der Waals surface area contributed by atoms with Crippen molar-refractivity contribution in [1.82, 2.24) is 0 Å². The van der Waals surface area contributed by atoms with Crippen molar-refractivity contribution in [2.45, 2.75) is 13.0 Å². The average molecular weight is 362 g/mol. The zero-order valence-electron chi connectivity index (χ0n) is 13.3. The van der Waals surface area contributed by atoms with Crippen LogP contribution in [0.4, 0.5) is 5.69 Å². The Morgan fingerprint density at radius 1 is 1.24 bits per heavy atom. The molecule has 7 nitrogen and oxygen atoms in total. The number of benzene rings is 2. The third-order valence-electron chi connectivity index (χ3n) is 3.75. The minimum absolute atomic E-state index is 0.0728. The maximum atomic E-state index is 12.1. The molecule has 0 N–H and O–H groups in total. The summed E-state index contributed by atoms with van der Waals surface area (Å²) in [5.74, 6) is 0.611. The summed E-state index contributed by atoms with van der Waals surface area (Å²) >= 11 is 5.84. The topological polar surface area (TPSA) is 97.0 Å². The van der Waals surface area contributed by atoms with E-state index in [1.807, 2.05) is 19.1 Å². The van der Waals surface area contributed by atoms with Gasteiger partial charge >= 0.3 is 0 Å². The second-order valence-corrected chi connectivity index (χ2v) is 5.89. The van der Waals surface area contributed by atoms with Gasteiger partial charge in [0, 0.05) is 17.3 Å². The number of nitro groups is 1. The number of ether oxygens (including phenoxy) is 2. The van der Waals surface area contributed by atoms with Gasteiger partial charge < -0.3 is 14.6 Å². The van der Waals surface area contributed by atoms with Crippen molar-refractivity contribution in [3.8, 4) is 17.2 Å². The van der Waals surface area contributed by atoms with E-state index in [-0.39, 0.29) is 16.6 Å². The Morgan fingerprint density at radius 2 is 1.96 bits per heavy atom. The smallest absolute Gasteiger partial charge is 0.263 e. The van der Waals surface area contributed by atoms with Crippen LogP contribution in [0.15, 0.2) is 35.3 Å². The van der Waals surface area contributed by atoms with E-state index in [4.69, 9.17) is 21.1 Å². The third kappa shape index (κ3) is 3.66. The maximum Gasteiger partial charge on any atom is 0.263 e. The van der Waals surface area contributed by atoms with E-state index in [1.54, 1.807) is 6.07 Å². The summed E-state index contributed by atoms with van der Waals surface area (Å²) in [6.07, 6.45) is 1.31. The van der Waals surface area contributed by atoms with Gasteiger partial charge in [0.25, 0.3) is 5.69 Å². The molecule has 2 aromatic carbocycles. The highest BCUT2D eigenvalue weighted by Gasteiger charge is 2.15. The van der Waals surface area contributed by atoms with Gasteiger partial charge in [0.1, 0.15) is 13.2 Å². The normalized spacial score (nSPS) is 14.5.